The van der Waals surface area contributed by atoms with Crippen molar-refractivity contribution in [2.45, 2.75) is 13.8 Å². The van der Waals surface area contributed by atoms with Gasteiger partial charge < -0.3 is 5.32 Å². The van der Waals surface area contributed by atoms with Crippen LogP contribution in [0.5, 0.6) is 0 Å². The minimum atomic E-state index is -0.229. The van der Waals surface area contributed by atoms with Crippen LogP contribution in [0.25, 0.3) is 0 Å². The third-order valence-electron chi connectivity index (χ3n) is 2.59. The Kier molecular flexibility index (Phi) is 3.58. The summed E-state index contributed by atoms with van der Waals surface area (Å²) in [6, 6.07) is 5.69. The zero-order valence-electron chi connectivity index (χ0n) is 10.1. The molecule has 1 N–H and O–H groups in total. The minimum absolute atomic E-state index is 0.178. The van der Waals surface area contributed by atoms with E-state index < -0.39 is 0 Å². The van der Waals surface area contributed by atoms with E-state index in [1.165, 1.54) is 12.4 Å². The van der Waals surface area contributed by atoms with Crippen LogP contribution in [0, 0.1) is 13.8 Å². The van der Waals surface area contributed by atoms with Crippen molar-refractivity contribution in [3.05, 3.63) is 52.4 Å². The van der Waals surface area contributed by atoms with Crippen LogP contribution < -0.4 is 5.32 Å². The predicted molar refractivity (Wildman–Crippen MR) is 70.9 cm³/mol. The third kappa shape index (κ3) is 2.49. The van der Waals surface area contributed by atoms with Crippen LogP contribution in [-0.2, 0) is 0 Å². The van der Waals surface area contributed by atoms with E-state index in [1.54, 1.807) is 0 Å². The lowest BCUT2D eigenvalue weighted by atomic mass is 10.0. The molecule has 5 heteroatoms. The quantitative estimate of drug-likeness (QED) is 0.904. The van der Waals surface area contributed by atoms with Crippen molar-refractivity contribution < 1.29 is 4.79 Å². The van der Waals surface area contributed by atoms with Crippen molar-refractivity contribution >= 4 is 23.3 Å². The van der Waals surface area contributed by atoms with E-state index in [1.807, 2.05) is 32.0 Å². The number of aryl methyl sites for hydroxylation is 2. The number of halogens is 1. The average molecular weight is 262 g/mol. The SMILES string of the molecule is Cc1cccc(C)c1C(=O)Nc1nccnc1Cl. The molecule has 4 nitrogen and oxygen atoms in total. The van der Waals surface area contributed by atoms with Gasteiger partial charge in [0.1, 0.15) is 0 Å². The Morgan fingerprint density at radius 1 is 1.17 bits per heavy atom. The molecule has 0 unspecified atom stereocenters. The molecular formula is C13H12ClN3O. The third-order valence-corrected chi connectivity index (χ3v) is 2.87. The number of hydrogen-bond acceptors (Lipinski definition) is 3. The van der Waals surface area contributed by atoms with E-state index in [2.05, 4.69) is 15.3 Å². The Labute approximate surface area is 110 Å². The number of carbonyl (C=O) groups is 1. The summed E-state index contributed by atoms with van der Waals surface area (Å²) in [6.45, 7) is 3.78. The lowest BCUT2D eigenvalue weighted by Gasteiger charge is -2.10. The van der Waals surface area contributed by atoms with Gasteiger partial charge in [0.2, 0.25) is 0 Å². The van der Waals surface area contributed by atoms with Crippen molar-refractivity contribution in [2.75, 3.05) is 5.32 Å². The molecule has 1 aromatic heterocycles. The molecule has 0 saturated heterocycles. The zero-order valence-corrected chi connectivity index (χ0v) is 10.8. The fourth-order valence-electron chi connectivity index (χ4n) is 1.75. The molecule has 0 fully saturated rings. The molecule has 0 saturated carbocycles. The van der Waals surface area contributed by atoms with E-state index in [4.69, 9.17) is 11.6 Å². The molecule has 18 heavy (non-hydrogen) atoms. The van der Waals surface area contributed by atoms with Crippen LogP contribution >= 0.6 is 11.6 Å². The van der Waals surface area contributed by atoms with Gasteiger partial charge in [0, 0.05) is 18.0 Å². The minimum Gasteiger partial charge on any atom is -0.304 e. The van der Waals surface area contributed by atoms with Crippen LogP contribution in [0.15, 0.2) is 30.6 Å². The maximum atomic E-state index is 12.2. The highest BCUT2D eigenvalue weighted by molar-refractivity contribution is 6.32. The van der Waals surface area contributed by atoms with Gasteiger partial charge in [0.25, 0.3) is 5.91 Å². The van der Waals surface area contributed by atoms with E-state index in [0.29, 0.717) is 5.56 Å². The standard InChI is InChI=1S/C13H12ClN3O/c1-8-4-3-5-9(2)10(8)13(18)17-12-11(14)15-6-7-16-12/h3-7H,1-2H3,(H,16,17,18). The highest BCUT2D eigenvalue weighted by Crippen LogP contribution is 2.18. The summed E-state index contributed by atoms with van der Waals surface area (Å²) >= 11 is 5.85. The molecule has 0 bridgehead atoms. The summed E-state index contributed by atoms with van der Waals surface area (Å²) < 4.78 is 0. The predicted octanol–water partition coefficient (Wildman–Crippen LogP) is 3.00. The molecule has 0 radical (unpaired) electrons. The number of rotatable bonds is 2. The largest absolute Gasteiger partial charge is 0.304 e. The molecule has 2 aromatic rings. The molecule has 0 aliphatic heterocycles. The van der Waals surface area contributed by atoms with Gasteiger partial charge in [-0.15, -0.1) is 0 Å². The maximum Gasteiger partial charge on any atom is 0.257 e. The highest BCUT2D eigenvalue weighted by Gasteiger charge is 2.14. The second-order valence-corrected chi connectivity index (χ2v) is 4.27. The van der Waals surface area contributed by atoms with Crippen LogP contribution in [0.4, 0.5) is 5.82 Å². The van der Waals surface area contributed by atoms with Gasteiger partial charge >= 0.3 is 0 Å². The van der Waals surface area contributed by atoms with Gasteiger partial charge in [-0.25, -0.2) is 9.97 Å². The number of amides is 1. The lowest BCUT2D eigenvalue weighted by molar-refractivity contribution is 0.102. The lowest BCUT2D eigenvalue weighted by Crippen LogP contribution is -2.16. The van der Waals surface area contributed by atoms with Gasteiger partial charge in [-0.3, -0.25) is 4.79 Å². The first-order valence-electron chi connectivity index (χ1n) is 5.43. The summed E-state index contributed by atoms with van der Waals surface area (Å²) in [7, 11) is 0. The van der Waals surface area contributed by atoms with Gasteiger partial charge in [-0.05, 0) is 25.0 Å². The van der Waals surface area contributed by atoms with Crippen LogP contribution in [0.2, 0.25) is 5.15 Å². The number of benzene rings is 1. The monoisotopic (exact) mass is 261 g/mol. The first kappa shape index (κ1) is 12.5. The molecule has 1 heterocycles. The van der Waals surface area contributed by atoms with Crippen molar-refractivity contribution in [3.63, 3.8) is 0 Å². The van der Waals surface area contributed by atoms with E-state index in [0.717, 1.165) is 11.1 Å². The Morgan fingerprint density at radius 2 is 1.78 bits per heavy atom. The fourth-order valence-corrected chi connectivity index (χ4v) is 1.90. The second-order valence-electron chi connectivity index (χ2n) is 3.92. The molecule has 2 rings (SSSR count). The molecule has 0 aliphatic rings. The Bertz CT molecular complexity index is 578. The summed E-state index contributed by atoms with van der Waals surface area (Å²) in [5.74, 6) is 0.0415. The van der Waals surface area contributed by atoms with Crippen molar-refractivity contribution in [1.29, 1.82) is 0 Å². The summed E-state index contributed by atoms with van der Waals surface area (Å²) in [4.78, 5) is 20.0. The molecule has 1 amide bonds. The van der Waals surface area contributed by atoms with E-state index in [9.17, 15) is 4.79 Å². The Morgan fingerprint density at radius 3 is 2.39 bits per heavy atom. The molecule has 0 aliphatic carbocycles. The van der Waals surface area contributed by atoms with E-state index in [-0.39, 0.29) is 16.9 Å². The van der Waals surface area contributed by atoms with Crippen molar-refractivity contribution in [1.82, 2.24) is 9.97 Å². The normalized spacial score (nSPS) is 10.2. The highest BCUT2D eigenvalue weighted by atomic mass is 35.5. The number of nitrogens with zero attached hydrogens (tertiary/aromatic N) is 2. The van der Waals surface area contributed by atoms with Gasteiger partial charge in [0.15, 0.2) is 11.0 Å². The first-order chi connectivity index (χ1) is 8.59. The van der Waals surface area contributed by atoms with Crippen LogP contribution in [0.3, 0.4) is 0 Å². The van der Waals surface area contributed by atoms with Crippen LogP contribution in [-0.4, -0.2) is 15.9 Å². The smallest absolute Gasteiger partial charge is 0.257 e. The Hall–Kier alpha value is -1.94. The van der Waals surface area contributed by atoms with Gasteiger partial charge in [-0.2, -0.15) is 0 Å². The number of hydrogen-bond donors (Lipinski definition) is 1. The number of anilines is 1. The number of aromatic nitrogens is 2. The average Bonchev–Trinajstić information content (AvgIpc) is 2.32. The van der Waals surface area contributed by atoms with Crippen LogP contribution in [0.1, 0.15) is 21.5 Å². The zero-order chi connectivity index (χ0) is 13.1. The van der Waals surface area contributed by atoms with Gasteiger partial charge in [-0.1, -0.05) is 29.8 Å². The molecule has 92 valence electrons. The molecule has 0 atom stereocenters. The summed E-state index contributed by atoms with van der Waals surface area (Å²) in [5.41, 5.74) is 2.46. The molecule has 1 aromatic carbocycles. The van der Waals surface area contributed by atoms with Gasteiger partial charge in [0.05, 0.1) is 0 Å². The fraction of sp³-hybridized carbons (Fsp3) is 0.154. The maximum absolute atomic E-state index is 12.2. The van der Waals surface area contributed by atoms with Crippen molar-refractivity contribution in [3.8, 4) is 0 Å². The first-order valence-corrected chi connectivity index (χ1v) is 5.81. The second kappa shape index (κ2) is 5.14. The Balaban J connectivity index is 2.31. The van der Waals surface area contributed by atoms with E-state index >= 15 is 0 Å². The summed E-state index contributed by atoms with van der Waals surface area (Å²) in [5, 5.41) is 2.84. The summed E-state index contributed by atoms with van der Waals surface area (Å²) in [6.07, 6.45) is 2.95. The number of nitrogens with one attached hydrogen (secondary N) is 1. The van der Waals surface area contributed by atoms with Crippen molar-refractivity contribution in [2.24, 2.45) is 0 Å². The molecular weight excluding hydrogens is 250 g/mol. The topological polar surface area (TPSA) is 54.9 Å². The molecule has 0 spiro atoms. The number of carbonyl (C=O) groups excluding carboxylic acids is 1.